The predicted molar refractivity (Wildman–Crippen MR) is 140 cm³/mol. The molecule has 0 aliphatic rings. The second kappa shape index (κ2) is 8.07. The van der Waals surface area contributed by atoms with Gasteiger partial charge in [-0.2, -0.15) is 0 Å². The largest absolute Gasteiger partial charge is 0.0702 e. The Bertz CT molecular complexity index is 1420. The van der Waals surface area contributed by atoms with Crippen LogP contribution in [0.3, 0.4) is 0 Å². The van der Waals surface area contributed by atoms with Gasteiger partial charge in [-0.25, -0.2) is 0 Å². The van der Waals surface area contributed by atoms with Crippen molar-refractivity contribution in [1.82, 2.24) is 0 Å². The molecule has 0 heterocycles. The van der Waals surface area contributed by atoms with Crippen molar-refractivity contribution in [1.29, 1.82) is 0 Å². The summed E-state index contributed by atoms with van der Waals surface area (Å²) in [6.45, 7) is 0. The van der Waals surface area contributed by atoms with E-state index >= 15 is 0 Å². The summed E-state index contributed by atoms with van der Waals surface area (Å²) in [6.07, 6.45) is 0. The summed E-state index contributed by atoms with van der Waals surface area (Å²) >= 11 is 0. The van der Waals surface area contributed by atoms with E-state index in [0.717, 1.165) is 0 Å². The van der Waals surface area contributed by atoms with Gasteiger partial charge in [-0.15, -0.1) is 0 Å². The van der Waals surface area contributed by atoms with E-state index in [1.165, 1.54) is 43.8 Å². The highest BCUT2D eigenvalue weighted by Gasteiger charge is 2.38. The van der Waals surface area contributed by atoms with Gasteiger partial charge in [0.25, 0.3) is 0 Å². The third-order valence-electron chi connectivity index (χ3n) is 6.78. The molecule has 0 unspecified atom stereocenters. The van der Waals surface area contributed by atoms with E-state index in [1.54, 1.807) is 0 Å². The van der Waals surface area contributed by atoms with Gasteiger partial charge in [-0.05, 0) is 55.9 Å². The van der Waals surface area contributed by atoms with Crippen molar-refractivity contribution in [2.24, 2.45) is 0 Å². The predicted octanol–water partition coefficient (Wildman–Crippen LogP) is 8.38. The molecular weight excluding hydrogens is 396 g/mol. The van der Waals surface area contributed by atoms with Gasteiger partial charge in [-0.3, -0.25) is 0 Å². The van der Waals surface area contributed by atoms with Gasteiger partial charge >= 0.3 is 0 Å². The van der Waals surface area contributed by atoms with Crippen LogP contribution < -0.4 is 0 Å². The highest BCUT2D eigenvalue weighted by atomic mass is 14.4. The maximum Gasteiger partial charge on any atom is 0.0702 e. The molecule has 0 aliphatic carbocycles. The van der Waals surface area contributed by atoms with Gasteiger partial charge in [0.1, 0.15) is 0 Å². The van der Waals surface area contributed by atoms with Crippen LogP contribution in [0.5, 0.6) is 0 Å². The second-order valence-electron chi connectivity index (χ2n) is 8.61. The van der Waals surface area contributed by atoms with Crippen LogP contribution in [0.1, 0.15) is 22.3 Å². The highest BCUT2D eigenvalue weighted by molar-refractivity contribution is 5.86. The lowest BCUT2D eigenvalue weighted by Crippen LogP contribution is -2.31. The Hall–Kier alpha value is -4.16. The maximum absolute atomic E-state index is 2.37. The third kappa shape index (κ3) is 3.23. The maximum atomic E-state index is 2.37. The summed E-state index contributed by atoms with van der Waals surface area (Å²) < 4.78 is 0. The molecule has 6 aromatic carbocycles. The molecule has 0 fully saturated rings. The van der Waals surface area contributed by atoms with E-state index < -0.39 is 5.41 Å². The van der Waals surface area contributed by atoms with Gasteiger partial charge in [0.15, 0.2) is 0 Å². The van der Waals surface area contributed by atoms with E-state index in [9.17, 15) is 0 Å². The normalized spacial score (nSPS) is 11.6. The van der Waals surface area contributed by atoms with E-state index in [-0.39, 0.29) is 0 Å². The lowest BCUT2D eigenvalue weighted by molar-refractivity contribution is 0.748. The average molecular weight is 421 g/mol. The number of fused-ring (bicyclic) bond motifs is 2. The van der Waals surface area contributed by atoms with Gasteiger partial charge in [0.05, 0.1) is 5.41 Å². The zero-order valence-electron chi connectivity index (χ0n) is 18.4. The van der Waals surface area contributed by atoms with Crippen molar-refractivity contribution in [2.75, 3.05) is 0 Å². The lowest BCUT2D eigenvalue weighted by atomic mass is 9.64. The molecule has 0 aromatic heterocycles. The average Bonchev–Trinajstić information content (AvgIpc) is 2.90. The summed E-state index contributed by atoms with van der Waals surface area (Å²) in [7, 11) is 0. The van der Waals surface area contributed by atoms with Gasteiger partial charge in [-0.1, -0.05) is 133 Å². The van der Waals surface area contributed by atoms with Crippen LogP contribution in [0.25, 0.3) is 21.5 Å². The van der Waals surface area contributed by atoms with Gasteiger partial charge in [0, 0.05) is 0 Å². The Morgan fingerprint density at radius 1 is 0.273 bits per heavy atom. The van der Waals surface area contributed by atoms with E-state index in [1.807, 2.05) is 0 Å². The first kappa shape index (κ1) is 19.5. The molecule has 0 saturated heterocycles. The third-order valence-corrected chi connectivity index (χ3v) is 6.78. The quantitative estimate of drug-likeness (QED) is 0.251. The molecule has 0 atom stereocenters. The van der Waals surface area contributed by atoms with E-state index in [4.69, 9.17) is 0 Å². The monoisotopic (exact) mass is 420 g/mol. The zero-order valence-corrected chi connectivity index (χ0v) is 18.4. The van der Waals surface area contributed by atoms with Gasteiger partial charge < -0.3 is 0 Å². The first-order valence-corrected chi connectivity index (χ1v) is 11.5. The summed E-state index contributed by atoms with van der Waals surface area (Å²) in [5.74, 6) is 0. The van der Waals surface area contributed by atoms with Crippen molar-refractivity contribution in [3.63, 3.8) is 0 Å². The minimum absolute atomic E-state index is 0.434. The Labute approximate surface area is 194 Å². The fourth-order valence-electron chi connectivity index (χ4n) is 5.22. The number of benzene rings is 6. The van der Waals surface area contributed by atoms with E-state index in [2.05, 4.69) is 146 Å². The SMILES string of the molecule is c1ccc(C(c2ccccc2)(c2ccc3ccccc3c2)c2ccc3ccccc3c2)cc1. The molecule has 0 aliphatic heterocycles. The van der Waals surface area contributed by atoms with Crippen LogP contribution in [0.15, 0.2) is 146 Å². The number of hydrogen-bond donors (Lipinski definition) is 0. The lowest BCUT2D eigenvalue weighted by Gasteiger charge is -2.37. The van der Waals surface area contributed by atoms with Crippen molar-refractivity contribution in [3.8, 4) is 0 Å². The van der Waals surface area contributed by atoms with Gasteiger partial charge in [0.2, 0.25) is 0 Å². The summed E-state index contributed by atoms with van der Waals surface area (Å²) in [5, 5.41) is 5.03. The Morgan fingerprint density at radius 3 is 1.06 bits per heavy atom. The smallest absolute Gasteiger partial charge is 0.0622 e. The number of hydrogen-bond acceptors (Lipinski definition) is 0. The van der Waals surface area contributed by atoms with Crippen molar-refractivity contribution in [3.05, 3.63) is 168 Å². The topological polar surface area (TPSA) is 0 Å². The molecule has 0 amide bonds. The van der Waals surface area contributed by atoms with Crippen molar-refractivity contribution < 1.29 is 0 Å². The second-order valence-corrected chi connectivity index (χ2v) is 8.61. The molecule has 6 aromatic rings. The molecule has 0 saturated carbocycles. The molecule has 156 valence electrons. The molecule has 33 heavy (non-hydrogen) atoms. The Kier molecular flexibility index (Phi) is 4.78. The Balaban J connectivity index is 1.76. The van der Waals surface area contributed by atoms with Crippen LogP contribution in [0.4, 0.5) is 0 Å². The van der Waals surface area contributed by atoms with Crippen molar-refractivity contribution in [2.45, 2.75) is 5.41 Å². The fraction of sp³-hybridized carbons (Fsp3) is 0.0303. The zero-order chi connectivity index (χ0) is 22.1. The molecular formula is C33H24. The molecule has 0 radical (unpaired) electrons. The van der Waals surface area contributed by atoms with Crippen LogP contribution >= 0.6 is 0 Å². The standard InChI is InChI=1S/C33H24/c1-3-15-29(16-4-1)33(30-17-5-2-6-18-30,31-21-19-25-11-7-9-13-27(25)23-31)32-22-20-26-12-8-10-14-28(26)24-32/h1-24H. The molecule has 0 bridgehead atoms. The molecule has 0 nitrogen and oxygen atoms in total. The molecule has 0 spiro atoms. The van der Waals surface area contributed by atoms with Crippen LogP contribution in [0, 0.1) is 0 Å². The molecule has 6 rings (SSSR count). The van der Waals surface area contributed by atoms with Crippen molar-refractivity contribution >= 4 is 21.5 Å². The fourth-order valence-corrected chi connectivity index (χ4v) is 5.22. The minimum atomic E-state index is -0.434. The van der Waals surface area contributed by atoms with E-state index in [0.29, 0.717) is 0 Å². The summed E-state index contributed by atoms with van der Waals surface area (Å²) in [5.41, 5.74) is 4.64. The van der Waals surface area contributed by atoms with Crippen LogP contribution in [-0.2, 0) is 5.41 Å². The molecule has 0 N–H and O–H groups in total. The van der Waals surface area contributed by atoms with Crippen LogP contribution in [-0.4, -0.2) is 0 Å². The first-order chi connectivity index (χ1) is 16.4. The minimum Gasteiger partial charge on any atom is -0.0622 e. The molecule has 0 heteroatoms. The highest BCUT2D eigenvalue weighted by Crippen LogP contribution is 2.46. The van der Waals surface area contributed by atoms with Crippen LogP contribution in [0.2, 0.25) is 0 Å². The summed E-state index contributed by atoms with van der Waals surface area (Å²) in [4.78, 5) is 0. The summed E-state index contributed by atoms with van der Waals surface area (Å²) in [6, 6.07) is 52.9. The first-order valence-electron chi connectivity index (χ1n) is 11.5. The Morgan fingerprint density at radius 2 is 0.636 bits per heavy atom. The number of rotatable bonds is 4.